The second-order valence-corrected chi connectivity index (χ2v) is 6.71. The first-order chi connectivity index (χ1) is 10.5. The summed E-state index contributed by atoms with van der Waals surface area (Å²) in [5.74, 6) is 0. The zero-order chi connectivity index (χ0) is 16.4. The topological polar surface area (TPSA) is 66.5 Å². The lowest BCUT2D eigenvalue weighted by molar-refractivity contribution is -0.0927. The van der Waals surface area contributed by atoms with Crippen LogP contribution in [0.3, 0.4) is 0 Å². The summed E-state index contributed by atoms with van der Waals surface area (Å²) in [5, 5.41) is 18.4. The maximum Gasteiger partial charge on any atom is 0.169 e. The van der Waals surface area contributed by atoms with E-state index in [1.54, 1.807) is 6.92 Å². The molecule has 3 nitrogen and oxygen atoms in total. The normalized spacial score (nSPS) is 14.3. The Hall–Kier alpha value is -0.900. The summed E-state index contributed by atoms with van der Waals surface area (Å²) in [5.41, 5.74) is 7.49. The monoisotopic (exact) mass is 307 g/mol. The lowest BCUT2D eigenvalue weighted by Gasteiger charge is -2.26. The molecular weight excluding hydrogens is 274 g/mol. The lowest BCUT2D eigenvalue weighted by atomic mass is 9.93. The van der Waals surface area contributed by atoms with Crippen LogP contribution in [0.25, 0.3) is 0 Å². The molecule has 0 saturated heterocycles. The molecule has 0 spiro atoms. The van der Waals surface area contributed by atoms with Crippen LogP contribution in [0.5, 0.6) is 0 Å². The second kappa shape index (κ2) is 9.98. The third-order valence-electron chi connectivity index (χ3n) is 4.38. The molecule has 22 heavy (non-hydrogen) atoms. The van der Waals surface area contributed by atoms with E-state index >= 15 is 0 Å². The van der Waals surface area contributed by atoms with Gasteiger partial charge in [-0.05, 0) is 43.7 Å². The Morgan fingerprint density at radius 2 is 1.41 bits per heavy atom. The molecule has 1 aromatic rings. The first kappa shape index (κ1) is 19.1. The molecule has 126 valence electrons. The van der Waals surface area contributed by atoms with Crippen molar-refractivity contribution >= 4 is 0 Å². The van der Waals surface area contributed by atoms with E-state index in [0.29, 0.717) is 6.42 Å². The van der Waals surface area contributed by atoms with Crippen molar-refractivity contribution in [2.45, 2.75) is 83.5 Å². The number of hydrogen-bond acceptors (Lipinski definition) is 3. The Labute approximate surface area is 135 Å². The van der Waals surface area contributed by atoms with Crippen molar-refractivity contribution in [2.75, 3.05) is 0 Å². The van der Waals surface area contributed by atoms with Crippen molar-refractivity contribution in [1.82, 2.24) is 0 Å². The van der Waals surface area contributed by atoms with Crippen molar-refractivity contribution < 1.29 is 10.2 Å². The molecule has 0 aliphatic heterocycles. The number of aliphatic hydroxyl groups excluding tert-OH is 1. The predicted molar refractivity (Wildman–Crippen MR) is 92.7 cm³/mol. The fourth-order valence-corrected chi connectivity index (χ4v) is 2.52. The lowest BCUT2D eigenvalue weighted by Crippen LogP contribution is -2.48. The summed E-state index contributed by atoms with van der Waals surface area (Å²) >= 11 is 0. The fraction of sp³-hybridized carbons (Fsp3) is 0.684. The van der Waals surface area contributed by atoms with Crippen molar-refractivity contribution in [1.29, 1.82) is 0 Å². The van der Waals surface area contributed by atoms with Gasteiger partial charge in [-0.1, -0.05) is 63.3 Å². The van der Waals surface area contributed by atoms with Gasteiger partial charge in [-0.25, -0.2) is 0 Å². The number of unbranched alkanes of at least 4 members (excludes halogenated alkanes) is 5. The van der Waals surface area contributed by atoms with Crippen LogP contribution in [-0.4, -0.2) is 22.0 Å². The standard InChI is InChI=1S/C19H33NO2/c1-3-4-5-6-7-8-9-16-10-12-17(13-11-16)14-15-19(2,20)18(21)22/h10-13,18,21-22H,3-9,14-15,20H2,1-2H3. The molecule has 1 unspecified atom stereocenters. The van der Waals surface area contributed by atoms with Gasteiger partial charge in [-0.2, -0.15) is 0 Å². The molecule has 3 heteroatoms. The van der Waals surface area contributed by atoms with E-state index in [2.05, 4.69) is 31.2 Å². The third-order valence-corrected chi connectivity index (χ3v) is 4.38. The SMILES string of the molecule is CCCCCCCCc1ccc(CCC(C)(N)C(O)O)cc1. The molecule has 1 aromatic carbocycles. The highest BCUT2D eigenvalue weighted by Gasteiger charge is 2.26. The average Bonchev–Trinajstić information content (AvgIpc) is 2.50. The van der Waals surface area contributed by atoms with Crippen LogP contribution in [0.15, 0.2) is 24.3 Å². The van der Waals surface area contributed by atoms with Gasteiger partial charge < -0.3 is 15.9 Å². The molecular formula is C19H33NO2. The minimum atomic E-state index is -1.47. The summed E-state index contributed by atoms with van der Waals surface area (Å²) in [6.45, 7) is 3.92. The van der Waals surface area contributed by atoms with Crippen LogP contribution >= 0.6 is 0 Å². The number of hydrogen-bond donors (Lipinski definition) is 3. The molecule has 0 amide bonds. The minimum Gasteiger partial charge on any atom is -0.367 e. The number of rotatable bonds is 11. The first-order valence-electron chi connectivity index (χ1n) is 8.68. The van der Waals surface area contributed by atoms with Gasteiger partial charge in [0.1, 0.15) is 0 Å². The van der Waals surface area contributed by atoms with Gasteiger partial charge in [0.2, 0.25) is 0 Å². The summed E-state index contributed by atoms with van der Waals surface area (Å²) in [4.78, 5) is 0. The first-order valence-corrected chi connectivity index (χ1v) is 8.68. The number of aliphatic hydroxyl groups is 2. The average molecular weight is 307 g/mol. The van der Waals surface area contributed by atoms with Gasteiger partial charge in [0.05, 0.1) is 5.54 Å². The smallest absolute Gasteiger partial charge is 0.169 e. The molecule has 0 aliphatic carbocycles. The summed E-state index contributed by atoms with van der Waals surface area (Å²) in [6, 6.07) is 8.63. The van der Waals surface area contributed by atoms with E-state index in [1.165, 1.54) is 49.7 Å². The molecule has 0 fully saturated rings. The zero-order valence-electron chi connectivity index (χ0n) is 14.2. The summed E-state index contributed by atoms with van der Waals surface area (Å²) in [6.07, 6.45) is 8.96. The van der Waals surface area contributed by atoms with Gasteiger partial charge in [-0.15, -0.1) is 0 Å². The molecule has 0 bridgehead atoms. The van der Waals surface area contributed by atoms with Crippen LogP contribution in [0, 0.1) is 0 Å². The van der Waals surface area contributed by atoms with E-state index in [-0.39, 0.29) is 0 Å². The van der Waals surface area contributed by atoms with Crippen LogP contribution in [-0.2, 0) is 12.8 Å². The molecule has 0 saturated carbocycles. The van der Waals surface area contributed by atoms with Crippen LogP contribution in [0.4, 0.5) is 0 Å². The minimum absolute atomic E-state index is 0.557. The Morgan fingerprint density at radius 3 is 1.95 bits per heavy atom. The van der Waals surface area contributed by atoms with Crippen LogP contribution < -0.4 is 5.73 Å². The van der Waals surface area contributed by atoms with E-state index < -0.39 is 11.8 Å². The fourth-order valence-electron chi connectivity index (χ4n) is 2.52. The van der Waals surface area contributed by atoms with E-state index in [1.807, 2.05) is 0 Å². The van der Waals surface area contributed by atoms with Crippen molar-refractivity contribution in [2.24, 2.45) is 5.73 Å². The molecule has 0 heterocycles. The van der Waals surface area contributed by atoms with E-state index in [4.69, 9.17) is 5.73 Å². The maximum absolute atomic E-state index is 9.21. The van der Waals surface area contributed by atoms with Gasteiger partial charge in [0.25, 0.3) is 0 Å². The van der Waals surface area contributed by atoms with E-state index in [9.17, 15) is 10.2 Å². The Morgan fingerprint density at radius 1 is 0.909 bits per heavy atom. The summed E-state index contributed by atoms with van der Waals surface area (Å²) < 4.78 is 0. The van der Waals surface area contributed by atoms with E-state index in [0.717, 1.165) is 12.8 Å². The number of aryl methyl sites for hydroxylation is 2. The highest BCUT2D eigenvalue weighted by molar-refractivity contribution is 5.23. The Balaban J connectivity index is 2.28. The van der Waals surface area contributed by atoms with Gasteiger partial charge >= 0.3 is 0 Å². The number of nitrogens with two attached hydrogens (primary N) is 1. The third kappa shape index (κ3) is 7.39. The molecule has 1 rings (SSSR count). The zero-order valence-corrected chi connectivity index (χ0v) is 14.2. The highest BCUT2D eigenvalue weighted by Crippen LogP contribution is 2.16. The highest BCUT2D eigenvalue weighted by atomic mass is 16.5. The van der Waals surface area contributed by atoms with Crippen molar-refractivity contribution in [3.8, 4) is 0 Å². The molecule has 1 atom stereocenters. The Kier molecular flexibility index (Phi) is 8.69. The maximum atomic E-state index is 9.21. The molecule has 0 aliphatic rings. The summed E-state index contributed by atoms with van der Waals surface area (Å²) in [7, 11) is 0. The molecule has 0 radical (unpaired) electrons. The van der Waals surface area contributed by atoms with Gasteiger partial charge in [-0.3, -0.25) is 0 Å². The van der Waals surface area contributed by atoms with Crippen molar-refractivity contribution in [3.05, 3.63) is 35.4 Å². The molecule has 0 aromatic heterocycles. The van der Waals surface area contributed by atoms with Crippen LogP contribution in [0.2, 0.25) is 0 Å². The van der Waals surface area contributed by atoms with Gasteiger partial charge in [0, 0.05) is 0 Å². The number of benzene rings is 1. The molecule has 4 N–H and O–H groups in total. The van der Waals surface area contributed by atoms with Crippen LogP contribution in [0.1, 0.15) is 69.9 Å². The van der Waals surface area contributed by atoms with Crippen molar-refractivity contribution in [3.63, 3.8) is 0 Å². The predicted octanol–water partition coefficient (Wildman–Crippen LogP) is 3.55. The Bertz CT molecular complexity index is 398. The largest absolute Gasteiger partial charge is 0.367 e. The quantitative estimate of drug-likeness (QED) is 0.432. The second-order valence-electron chi connectivity index (χ2n) is 6.71. The van der Waals surface area contributed by atoms with Gasteiger partial charge in [0.15, 0.2) is 6.29 Å².